The number of hydrogen-bond acceptors (Lipinski definition) is 11. The number of phenols is 1. The first kappa shape index (κ1) is 44.6. The number of aryl methyl sites for hydroxylation is 1. The van der Waals surface area contributed by atoms with E-state index in [-0.39, 0.29) is 66.9 Å². The number of fused-ring (bicyclic) bond motifs is 2. The molecule has 2 aromatic rings. The highest BCUT2D eigenvalue weighted by Crippen LogP contribution is 2.47. The van der Waals surface area contributed by atoms with E-state index in [1.54, 1.807) is 12.1 Å². The highest BCUT2D eigenvalue weighted by atomic mass is 16.5. The van der Waals surface area contributed by atoms with Crippen molar-refractivity contribution in [2.45, 2.75) is 114 Å². The van der Waals surface area contributed by atoms with Gasteiger partial charge in [-0.25, -0.2) is 0 Å². The normalized spacial score (nSPS) is 29.9. The number of nitrogens with two attached hydrogens (primary N) is 1. The number of piperidine rings is 1. The van der Waals surface area contributed by atoms with Crippen molar-refractivity contribution in [1.29, 1.82) is 0 Å². The number of methoxy groups -OCH3 is 1. The lowest BCUT2D eigenvalue weighted by Crippen LogP contribution is -2.50. The summed E-state index contributed by atoms with van der Waals surface area (Å²) in [6, 6.07) is 13.4. The first-order valence-electron chi connectivity index (χ1n) is 22.5. The molecule has 3 fully saturated rings. The number of aromatic hydroxyl groups is 1. The van der Waals surface area contributed by atoms with Gasteiger partial charge in [0.2, 0.25) is 0 Å². The van der Waals surface area contributed by atoms with Gasteiger partial charge in [0.05, 0.1) is 31.2 Å². The third-order valence-electron chi connectivity index (χ3n) is 14.5. The van der Waals surface area contributed by atoms with Crippen LogP contribution in [0.4, 0.5) is 0 Å². The van der Waals surface area contributed by atoms with E-state index in [0.29, 0.717) is 80.5 Å². The second-order valence-corrected chi connectivity index (χ2v) is 18.3. The quantitative estimate of drug-likeness (QED) is 0.119. The molecule has 2 heterocycles. The molecular weight excluding hydrogens is 771 g/mol. The maximum absolute atomic E-state index is 14.3. The van der Waals surface area contributed by atoms with Gasteiger partial charge in [0.15, 0.2) is 17.3 Å². The van der Waals surface area contributed by atoms with Gasteiger partial charge in [-0.1, -0.05) is 60.4 Å². The molecule has 61 heavy (non-hydrogen) atoms. The van der Waals surface area contributed by atoms with Crippen LogP contribution < -0.4 is 21.1 Å². The van der Waals surface area contributed by atoms with Crippen molar-refractivity contribution < 1.29 is 39.9 Å². The van der Waals surface area contributed by atoms with Crippen molar-refractivity contribution in [3.63, 3.8) is 0 Å². The molecule has 11 atom stereocenters. The van der Waals surface area contributed by atoms with Gasteiger partial charge in [0.25, 0.3) is 0 Å². The molecule has 0 unspecified atom stereocenters. The summed E-state index contributed by atoms with van der Waals surface area (Å²) in [5.41, 5.74) is 8.19. The van der Waals surface area contributed by atoms with E-state index in [2.05, 4.69) is 22.5 Å². The monoisotopic (exact) mass is 835 g/mol. The topological polar surface area (TPSA) is 195 Å². The van der Waals surface area contributed by atoms with Crippen LogP contribution in [0.25, 0.3) is 6.08 Å². The summed E-state index contributed by atoms with van der Waals surface area (Å²) in [4.78, 5) is 26.4. The molecule has 0 bridgehead atoms. The third kappa shape index (κ3) is 10.6. The zero-order valence-electron chi connectivity index (χ0n) is 35.5. The first-order chi connectivity index (χ1) is 29.5. The van der Waals surface area contributed by atoms with Gasteiger partial charge in [0, 0.05) is 50.3 Å². The van der Waals surface area contributed by atoms with Crippen LogP contribution in [0.3, 0.4) is 0 Å². The molecule has 1 spiro atoms. The number of carbonyl (C=O) groups excluding carboxylic acids is 2. The summed E-state index contributed by atoms with van der Waals surface area (Å²) in [6.45, 7) is 1.45. The lowest BCUT2D eigenvalue weighted by atomic mass is 9.63. The predicted molar refractivity (Wildman–Crippen MR) is 235 cm³/mol. The highest BCUT2D eigenvalue weighted by molar-refractivity contribution is 5.89. The molecule has 2 saturated carbocycles. The van der Waals surface area contributed by atoms with E-state index in [1.807, 2.05) is 54.6 Å². The summed E-state index contributed by atoms with van der Waals surface area (Å²) in [5.74, 6) is 7.87. The fourth-order valence-electron chi connectivity index (χ4n) is 10.9. The van der Waals surface area contributed by atoms with Crippen molar-refractivity contribution in [3.8, 4) is 23.3 Å². The number of Topliss-reactive ketones (excluding diaryl/α,β-unsaturated/α-hetero) is 2. The van der Waals surface area contributed by atoms with Gasteiger partial charge in [-0.05, 0) is 135 Å². The van der Waals surface area contributed by atoms with Crippen molar-refractivity contribution in [2.75, 3.05) is 26.8 Å². The summed E-state index contributed by atoms with van der Waals surface area (Å²) in [5, 5.41) is 63.3. The summed E-state index contributed by atoms with van der Waals surface area (Å²) < 4.78 is 5.46. The van der Waals surface area contributed by atoms with E-state index in [9.17, 15) is 35.1 Å². The SMILES string of the molecule is COc1cc2c(cc1O)[C@@H](C[C@H](O)[C@H](O)C[C@H](/C=C/c1ccccc1)C1=CCNC(N)=C1)C#C[C@@]1(CC[C@H](C[C@H](CCO)[C@@H]3CN[C@@H]4CC(=O)CC[C@@H]4C3)C[C@H]1O)C(=O)CC2. The summed E-state index contributed by atoms with van der Waals surface area (Å²) >= 11 is 0. The van der Waals surface area contributed by atoms with Crippen molar-refractivity contribution >= 4 is 17.6 Å². The van der Waals surface area contributed by atoms with Crippen LogP contribution in [0.1, 0.15) is 99.7 Å². The van der Waals surface area contributed by atoms with Crippen molar-refractivity contribution in [1.82, 2.24) is 10.6 Å². The van der Waals surface area contributed by atoms with E-state index < -0.39 is 29.6 Å². The Morgan fingerprint density at radius 1 is 1.05 bits per heavy atom. The molecule has 2 aromatic carbocycles. The molecule has 0 amide bonds. The number of aliphatic hydroxyl groups excluding tert-OH is 4. The average molecular weight is 836 g/mol. The molecule has 7 rings (SSSR count). The van der Waals surface area contributed by atoms with Crippen LogP contribution in [0.15, 0.2) is 72.1 Å². The fraction of sp³-hybridized carbons (Fsp3) is 0.560. The van der Waals surface area contributed by atoms with Gasteiger partial charge in [0.1, 0.15) is 11.2 Å². The van der Waals surface area contributed by atoms with Crippen LogP contribution in [0, 0.1) is 46.8 Å². The smallest absolute Gasteiger partial charge is 0.160 e. The molecule has 328 valence electrons. The van der Waals surface area contributed by atoms with E-state index in [1.165, 1.54) is 7.11 Å². The fourth-order valence-corrected chi connectivity index (χ4v) is 10.9. The maximum Gasteiger partial charge on any atom is 0.160 e. The molecule has 11 nitrogen and oxygen atoms in total. The number of phenolic OH excluding ortho intramolecular Hbond substituents is 1. The van der Waals surface area contributed by atoms with Crippen LogP contribution in [0.5, 0.6) is 11.5 Å². The van der Waals surface area contributed by atoms with Gasteiger partial charge >= 0.3 is 0 Å². The second-order valence-electron chi connectivity index (χ2n) is 18.3. The summed E-state index contributed by atoms with van der Waals surface area (Å²) in [7, 11) is 1.47. The Hall–Kier alpha value is -4.44. The van der Waals surface area contributed by atoms with Gasteiger partial charge in [-0.15, -0.1) is 0 Å². The molecule has 3 aliphatic carbocycles. The molecule has 0 radical (unpaired) electrons. The Labute approximate surface area is 360 Å². The molecule has 1 saturated heterocycles. The van der Waals surface area contributed by atoms with E-state index in [0.717, 1.165) is 42.5 Å². The predicted octanol–water partition coefficient (Wildman–Crippen LogP) is 5.05. The molecule has 5 aliphatic rings. The van der Waals surface area contributed by atoms with Gasteiger partial charge in [-0.2, -0.15) is 0 Å². The molecule has 11 heteroatoms. The largest absolute Gasteiger partial charge is 0.504 e. The number of allylic oxidation sites excluding steroid dienone is 3. The number of ether oxygens (including phenoxy) is 1. The lowest BCUT2D eigenvalue weighted by molar-refractivity contribution is -0.134. The van der Waals surface area contributed by atoms with Gasteiger partial charge < -0.3 is 46.6 Å². The highest BCUT2D eigenvalue weighted by Gasteiger charge is 2.48. The Morgan fingerprint density at radius 2 is 1.87 bits per heavy atom. The third-order valence-corrected chi connectivity index (χ3v) is 14.5. The lowest BCUT2D eigenvalue weighted by Gasteiger charge is -2.44. The minimum atomic E-state index is -1.30. The van der Waals surface area contributed by atoms with E-state index in [4.69, 9.17) is 10.5 Å². The number of nitrogens with one attached hydrogen (secondary N) is 2. The summed E-state index contributed by atoms with van der Waals surface area (Å²) in [6.07, 6.45) is 11.4. The Bertz CT molecular complexity index is 2020. The number of rotatable bonds is 14. The first-order valence-corrected chi connectivity index (χ1v) is 22.5. The molecular formula is C50H65N3O8. The Balaban J connectivity index is 1.10. The maximum atomic E-state index is 14.3. The average Bonchev–Trinajstić information content (AvgIpc) is 3.30. The van der Waals surface area contributed by atoms with Crippen LogP contribution in [0.2, 0.25) is 0 Å². The van der Waals surface area contributed by atoms with Crippen molar-refractivity contribution in [3.05, 3.63) is 88.8 Å². The number of carbonyl (C=O) groups is 2. The Morgan fingerprint density at radius 3 is 2.62 bits per heavy atom. The minimum absolute atomic E-state index is 0.0257. The van der Waals surface area contributed by atoms with Crippen LogP contribution >= 0.6 is 0 Å². The standard InChI is InChI=1S/C50H65N3O8/c1-61-46-26-36-10-12-47(59)50(17-13-32(22-48(50)60)21-35(16-20-54)39-23-38-9-11-40(55)28-42(38)53-30-39)18-14-37(41(36)29-45(46)58)25-44(57)43(56)24-33(34-15-19-52-49(51)27-34)8-7-31-5-3-2-4-6-31/h2-8,15,26-27,29,32-33,35,37-39,42-44,48,52-54,56-58,60H,9-13,16-17,19-25,28,30,51H2,1H3/b8-7+/t32-,33+,35+,37-,38-,39+,42-,43-,44+,48-,50+/m1/s1. The van der Waals surface area contributed by atoms with Crippen molar-refractivity contribution in [2.24, 2.45) is 40.7 Å². The molecule has 0 aromatic heterocycles. The zero-order valence-corrected chi connectivity index (χ0v) is 35.5. The Kier molecular flexibility index (Phi) is 14.7. The van der Waals surface area contributed by atoms with E-state index >= 15 is 0 Å². The molecule has 9 N–H and O–H groups in total. The second kappa shape index (κ2) is 20.2. The number of aliphatic hydroxyl groups is 4. The number of dihydropyridines is 1. The number of hydrogen-bond donors (Lipinski definition) is 8. The van der Waals surface area contributed by atoms with Gasteiger partial charge in [-0.3, -0.25) is 9.59 Å². The number of benzene rings is 2. The van der Waals surface area contributed by atoms with Crippen LogP contribution in [-0.2, 0) is 16.0 Å². The molecule has 2 aliphatic heterocycles. The minimum Gasteiger partial charge on any atom is -0.504 e. The van der Waals surface area contributed by atoms with Crippen LogP contribution in [-0.4, -0.2) is 88.3 Å². The zero-order chi connectivity index (χ0) is 43.1. The number of ketones is 2.